The zero-order valence-electron chi connectivity index (χ0n) is 7.62. The molecule has 3 fully saturated rings. The van der Waals surface area contributed by atoms with Gasteiger partial charge in [-0.3, -0.25) is 4.79 Å². The minimum atomic E-state index is 0.408. The van der Waals surface area contributed by atoms with Crippen molar-refractivity contribution in [2.75, 3.05) is 0 Å². The fourth-order valence-corrected chi connectivity index (χ4v) is 4.17. The van der Waals surface area contributed by atoms with Crippen LogP contribution in [0, 0.1) is 29.6 Å². The molecular weight excluding hydrogens is 148 g/mol. The fraction of sp³-hybridized carbons (Fsp3) is 0.909. The van der Waals surface area contributed by atoms with Crippen molar-refractivity contribution in [3.8, 4) is 0 Å². The summed E-state index contributed by atoms with van der Waals surface area (Å²) in [6.45, 7) is 2.16. The van der Waals surface area contributed by atoms with E-state index >= 15 is 0 Å². The maximum atomic E-state index is 11.5. The van der Waals surface area contributed by atoms with Crippen LogP contribution < -0.4 is 0 Å². The second kappa shape index (κ2) is 2.12. The molecule has 0 spiro atoms. The lowest BCUT2D eigenvalue weighted by molar-refractivity contribution is -0.121. The van der Waals surface area contributed by atoms with E-state index in [-0.39, 0.29) is 0 Å². The van der Waals surface area contributed by atoms with Crippen molar-refractivity contribution in [1.29, 1.82) is 0 Å². The van der Waals surface area contributed by atoms with E-state index in [1.165, 1.54) is 19.3 Å². The molecule has 5 atom stereocenters. The fourth-order valence-electron chi connectivity index (χ4n) is 4.17. The van der Waals surface area contributed by atoms with E-state index in [0.29, 0.717) is 11.7 Å². The highest BCUT2D eigenvalue weighted by Crippen LogP contribution is 2.59. The molecule has 1 heteroatoms. The first-order chi connectivity index (χ1) is 5.77. The molecule has 12 heavy (non-hydrogen) atoms. The van der Waals surface area contributed by atoms with Gasteiger partial charge in [0, 0.05) is 12.3 Å². The highest BCUT2D eigenvalue weighted by atomic mass is 16.1. The summed E-state index contributed by atoms with van der Waals surface area (Å²) < 4.78 is 0. The standard InChI is InChI=1S/C11H16O/c1-6-10(12)5-9-7-2-3-8(4-7)11(6)9/h6-9,11H,2-5H2,1H3/t6-,7+,8-,9+,11-/m1/s1. The minimum absolute atomic E-state index is 0.408. The summed E-state index contributed by atoms with van der Waals surface area (Å²) in [6.07, 6.45) is 5.22. The van der Waals surface area contributed by atoms with Crippen LogP contribution in [0.2, 0.25) is 0 Å². The Labute approximate surface area is 73.5 Å². The summed E-state index contributed by atoms with van der Waals surface area (Å²) in [6, 6.07) is 0. The van der Waals surface area contributed by atoms with Gasteiger partial charge in [0.15, 0.2) is 0 Å². The topological polar surface area (TPSA) is 17.1 Å². The average molecular weight is 164 g/mol. The summed E-state index contributed by atoms with van der Waals surface area (Å²) in [4.78, 5) is 11.5. The number of Topliss-reactive ketones (excluding diaryl/α,β-unsaturated/α-hetero) is 1. The molecule has 3 saturated carbocycles. The molecule has 0 aromatic rings. The van der Waals surface area contributed by atoms with Gasteiger partial charge in [0.2, 0.25) is 0 Å². The summed E-state index contributed by atoms with van der Waals surface area (Å²) in [5.74, 6) is 4.45. The van der Waals surface area contributed by atoms with Crippen molar-refractivity contribution in [2.45, 2.75) is 32.6 Å². The number of rotatable bonds is 0. The smallest absolute Gasteiger partial charge is 0.136 e. The Bertz CT molecular complexity index is 233. The highest BCUT2D eigenvalue weighted by molar-refractivity contribution is 5.83. The number of hydrogen-bond donors (Lipinski definition) is 0. The van der Waals surface area contributed by atoms with Crippen molar-refractivity contribution >= 4 is 5.78 Å². The van der Waals surface area contributed by atoms with Crippen molar-refractivity contribution in [1.82, 2.24) is 0 Å². The minimum Gasteiger partial charge on any atom is -0.299 e. The Kier molecular flexibility index (Phi) is 1.26. The van der Waals surface area contributed by atoms with Crippen LogP contribution in [0.4, 0.5) is 0 Å². The summed E-state index contributed by atoms with van der Waals surface area (Å²) >= 11 is 0. The first kappa shape index (κ1) is 7.11. The van der Waals surface area contributed by atoms with Gasteiger partial charge in [-0.05, 0) is 42.9 Å². The number of ketones is 1. The second-order valence-electron chi connectivity index (χ2n) is 5.03. The maximum Gasteiger partial charge on any atom is 0.136 e. The van der Waals surface area contributed by atoms with E-state index in [1.807, 2.05) is 0 Å². The van der Waals surface area contributed by atoms with Gasteiger partial charge < -0.3 is 0 Å². The van der Waals surface area contributed by atoms with Crippen LogP contribution >= 0.6 is 0 Å². The normalized spacial score (nSPS) is 56.4. The lowest BCUT2D eigenvalue weighted by atomic mass is 9.78. The molecule has 3 aliphatic rings. The van der Waals surface area contributed by atoms with Gasteiger partial charge in [-0.2, -0.15) is 0 Å². The Hall–Kier alpha value is -0.330. The maximum absolute atomic E-state index is 11.5. The third kappa shape index (κ3) is 0.681. The van der Waals surface area contributed by atoms with Gasteiger partial charge in [-0.1, -0.05) is 6.92 Å². The van der Waals surface area contributed by atoms with E-state index in [2.05, 4.69) is 6.92 Å². The monoisotopic (exact) mass is 164 g/mol. The van der Waals surface area contributed by atoms with Crippen molar-refractivity contribution in [3.63, 3.8) is 0 Å². The van der Waals surface area contributed by atoms with Crippen LogP contribution in [0.1, 0.15) is 32.6 Å². The van der Waals surface area contributed by atoms with Crippen LogP contribution in [-0.4, -0.2) is 5.78 Å². The molecule has 0 amide bonds. The molecule has 2 bridgehead atoms. The molecule has 0 N–H and O–H groups in total. The molecule has 0 aromatic carbocycles. The van der Waals surface area contributed by atoms with Gasteiger partial charge in [-0.15, -0.1) is 0 Å². The van der Waals surface area contributed by atoms with E-state index < -0.39 is 0 Å². The molecule has 3 aliphatic carbocycles. The lowest BCUT2D eigenvalue weighted by Gasteiger charge is -2.25. The molecule has 0 aliphatic heterocycles. The predicted molar refractivity (Wildman–Crippen MR) is 46.6 cm³/mol. The van der Waals surface area contributed by atoms with Gasteiger partial charge in [0.25, 0.3) is 0 Å². The van der Waals surface area contributed by atoms with Gasteiger partial charge >= 0.3 is 0 Å². The molecule has 1 nitrogen and oxygen atoms in total. The molecule has 66 valence electrons. The summed E-state index contributed by atoms with van der Waals surface area (Å²) in [5, 5.41) is 0. The Morgan fingerprint density at radius 3 is 2.75 bits per heavy atom. The zero-order valence-corrected chi connectivity index (χ0v) is 7.62. The molecule has 0 aromatic heterocycles. The van der Waals surface area contributed by atoms with Crippen LogP contribution in [0.3, 0.4) is 0 Å². The first-order valence-corrected chi connectivity index (χ1v) is 5.30. The number of carbonyl (C=O) groups excluding carboxylic acids is 1. The number of fused-ring (bicyclic) bond motifs is 5. The van der Waals surface area contributed by atoms with E-state index in [4.69, 9.17) is 0 Å². The van der Waals surface area contributed by atoms with Crippen molar-refractivity contribution in [3.05, 3.63) is 0 Å². The SMILES string of the molecule is C[C@@H]1C(=O)C[C@H]2[C@H]3CC[C@H](C3)[C@H]21. The number of hydrogen-bond acceptors (Lipinski definition) is 1. The van der Waals surface area contributed by atoms with E-state index in [1.54, 1.807) is 0 Å². The quantitative estimate of drug-likeness (QED) is 0.536. The molecule has 0 heterocycles. The van der Waals surface area contributed by atoms with E-state index in [9.17, 15) is 4.79 Å². The zero-order chi connectivity index (χ0) is 8.29. The molecule has 0 saturated heterocycles. The Morgan fingerprint density at radius 1 is 1.25 bits per heavy atom. The summed E-state index contributed by atoms with van der Waals surface area (Å²) in [5.41, 5.74) is 0. The van der Waals surface area contributed by atoms with E-state index in [0.717, 1.165) is 30.1 Å². The van der Waals surface area contributed by atoms with Crippen LogP contribution in [0.25, 0.3) is 0 Å². The van der Waals surface area contributed by atoms with Crippen molar-refractivity contribution < 1.29 is 4.79 Å². The molecule has 0 radical (unpaired) electrons. The first-order valence-electron chi connectivity index (χ1n) is 5.30. The summed E-state index contributed by atoms with van der Waals surface area (Å²) in [7, 11) is 0. The van der Waals surface area contributed by atoms with Crippen LogP contribution in [0.15, 0.2) is 0 Å². The number of carbonyl (C=O) groups is 1. The average Bonchev–Trinajstić information content (AvgIpc) is 2.66. The Morgan fingerprint density at radius 2 is 2.00 bits per heavy atom. The second-order valence-corrected chi connectivity index (χ2v) is 5.03. The van der Waals surface area contributed by atoms with Gasteiger partial charge in [-0.25, -0.2) is 0 Å². The molecule has 3 rings (SSSR count). The lowest BCUT2D eigenvalue weighted by Crippen LogP contribution is -2.21. The van der Waals surface area contributed by atoms with Crippen LogP contribution in [0.5, 0.6) is 0 Å². The van der Waals surface area contributed by atoms with Gasteiger partial charge in [0.1, 0.15) is 5.78 Å². The van der Waals surface area contributed by atoms with Crippen molar-refractivity contribution in [2.24, 2.45) is 29.6 Å². The Balaban J connectivity index is 1.95. The molecular formula is C11H16O. The van der Waals surface area contributed by atoms with Crippen LogP contribution in [-0.2, 0) is 4.79 Å². The third-order valence-corrected chi connectivity index (χ3v) is 4.68. The van der Waals surface area contributed by atoms with Gasteiger partial charge in [0.05, 0.1) is 0 Å². The predicted octanol–water partition coefficient (Wildman–Crippen LogP) is 2.26. The largest absolute Gasteiger partial charge is 0.299 e. The highest BCUT2D eigenvalue weighted by Gasteiger charge is 2.54. The third-order valence-electron chi connectivity index (χ3n) is 4.68. The molecule has 0 unspecified atom stereocenters.